The quantitative estimate of drug-likeness (QED) is 0.637. The Kier molecular flexibility index (Phi) is 6.08. The predicted octanol–water partition coefficient (Wildman–Crippen LogP) is 1.19. The first-order chi connectivity index (χ1) is 11.8. The van der Waals surface area contributed by atoms with Gasteiger partial charge >= 0.3 is 0 Å². The highest BCUT2D eigenvalue weighted by Gasteiger charge is 2.26. The van der Waals surface area contributed by atoms with E-state index in [2.05, 4.69) is 5.32 Å². The van der Waals surface area contributed by atoms with Gasteiger partial charge < -0.3 is 10.2 Å². The Balaban J connectivity index is 1.97. The Hall–Kier alpha value is -2.48. The van der Waals surface area contributed by atoms with E-state index in [1.54, 1.807) is 17.9 Å². The van der Waals surface area contributed by atoms with Crippen molar-refractivity contribution in [3.05, 3.63) is 39.4 Å². The molecule has 0 aliphatic carbocycles. The molecular formula is C17H24N4O4. The third kappa shape index (κ3) is 4.76. The number of nitrogens with zero attached hydrogens (tertiary/aromatic N) is 3. The van der Waals surface area contributed by atoms with Crippen molar-refractivity contribution in [2.75, 3.05) is 32.7 Å². The van der Waals surface area contributed by atoms with Crippen LogP contribution in [0.1, 0.15) is 29.8 Å². The van der Waals surface area contributed by atoms with Gasteiger partial charge in [-0.15, -0.1) is 0 Å². The second kappa shape index (κ2) is 8.06. The molecule has 0 spiro atoms. The van der Waals surface area contributed by atoms with E-state index in [1.807, 2.05) is 18.7 Å². The molecule has 2 rings (SSSR count). The standard InChI is InChI=1S/C17H24N4O4/c1-12(2)18-16(22)11-19-7-9-20(10-8-19)17(23)14-5-4-6-15(13(14)3)21(24)25/h4-6,12H,7-11H2,1-3H3,(H,18,22). The molecule has 1 N–H and O–H groups in total. The van der Waals surface area contributed by atoms with Gasteiger partial charge in [-0.05, 0) is 26.8 Å². The number of nitro groups is 1. The summed E-state index contributed by atoms with van der Waals surface area (Å²) in [5.74, 6) is -0.225. The molecule has 8 heteroatoms. The molecule has 1 heterocycles. The van der Waals surface area contributed by atoms with Crippen molar-refractivity contribution >= 4 is 17.5 Å². The number of carbonyl (C=O) groups excluding carboxylic acids is 2. The van der Waals surface area contributed by atoms with Crippen LogP contribution in [0.3, 0.4) is 0 Å². The molecule has 0 atom stereocenters. The Morgan fingerprint density at radius 1 is 1.24 bits per heavy atom. The van der Waals surface area contributed by atoms with Gasteiger partial charge in [0.1, 0.15) is 0 Å². The fourth-order valence-corrected chi connectivity index (χ4v) is 2.90. The van der Waals surface area contributed by atoms with Gasteiger partial charge in [-0.25, -0.2) is 0 Å². The van der Waals surface area contributed by atoms with Gasteiger partial charge in [-0.3, -0.25) is 24.6 Å². The maximum absolute atomic E-state index is 12.7. The molecular weight excluding hydrogens is 324 g/mol. The molecule has 136 valence electrons. The van der Waals surface area contributed by atoms with E-state index in [1.165, 1.54) is 12.1 Å². The summed E-state index contributed by atoms with van der Waals surface area (Å²) in [6.45, 7) is 7.93. The highest BCUT2D eigenvalue weighted by Crippen LogP contribution is 2.22. The van der Waals surface area contributed by atoms with E-state index < -0.39 is 4.92 Å². The molecule has 25 heavy (non-hydrogen) atoms. The highest BCUT2D eigenvalue weighted by molar-refractivity contribution is 5.96. The van der Waals surface area contributed by atoms with Crippen molar-refractivity contribution in [3.8, 4) is 0 Å². The van der Waals surface area contributed by atoms with E-state index in [9.17, 15) is 19.7 Å². The van der Waals surface area contributed by atoms with E-state index in [0.717, 1.165) is 0 Å². The van der Waals surface area contributed by atoms with Crippen LogP contribution in [0.2, 0.25) is 0 Å². The minimum Gasteiger partial charge on any atom is -0.353 e. The van der Waals surface area contributed by atoms with Gasteiger partial charge in [0, 0.05) is 49.4 Å². The number of benzene rings is 1. The van der Waals surface area contributed by atoms with Crippen LogP contribution in [0.5, 0.6) is 0 Å². The minimum absolute atomic E-state index is 0.0238. The van der Waals surface area contributed by atoms with E-state index in [0.29, 0.717) is 43.9 Å². The molecule has 8 nitrogen and oxygen atoms in total. The van der Waals surface area contributed by atoms with Crippen LogP contribution in [0.25, 0.3) is 0 Å². The number of rotatable bonds is 5. The Morgan fingerprint density at radius 2 is 1.88 bits per heavy atom. The second-order valence-corrected chi connectivity index (χ2v) is 6.50. The summed E-state index contributed by atoms with van der Waals surface area (Å²) < 4.78 is 0. The smallest absolute Gasteiger partial charge is 0.273 e. The minimum atomic E-state index is -0.475. The summed E-state index contributed by atoms with van der Waals surface area (Å²) in [5, 5.41) is 13.9. The molecule has 1 saturated heterocycles. The highest BCUT2D eigenvalue weighted by atomic mass is 16.6. The lowest BCUT2D eigenvalue weighted by Crippen LogP contribution is -2.51. The van der Waals surface area contributed by atoms with Crippen LogP contribution in [0.4, 0.5) is 5.69 Å². The normalized spacial score (nSPS) is 15.3. The van der Waals surface area contributed by atoms with E-state index in [-0.39, 0.29) is 23.5 Å². The van der Waals surface area contributed by atoms with E-state index >= 15 is 0 Å². The molecule has 1 aliphatic rings. The molecule has 1 aromatic carbocycles. The third-order valence-electron chi connectivity index (χ3n) is 4.21. The largest absolute Gasteiger partial charge is 0.353 e. The van der Waals surface area contributed by atoms with Crippen molar-refractivity contribution in [3.63, 3.8) is 0 Å². The Bertz CT molecular complexity index is 667. The van der Waals surface area contributed by atoms with Gasteiger partial charge in [0.05, 0.1) is 11.5 Å². The molecule has 0 radical (unpaired) electrons. The summed E-state index contributed by atoms with van der Waals surface area (Å²) in [6, 6.07) is 4.65. The van der Waals surface area contributed by atoms with Crippen molar-refractivity contribution in [2.45, 2.75) is 26.8 Å². The van der Waals surface area contributed by atoms with Crippen LogP contribution >= 0.6 is 0 Å². The second-order valence-electron chi connectivity index (χ2n) is 6.50. The van der Waals surface area contributed by atoms with Crippen LogP contribution < -0.4 is 5.32 Å². The Morgan fingerprint density at radius 3 is 2.44 bits per heavy atom. The summed E-state index contributed by atoms with van der Waals surface area (Å²) in [6.07, 6.45) is 0. The van der Waals surface area contributed by atoms with Crippen molar-refractivity contribution in [1.82, 2.24) is 15.1 Å². The van der Waals surface area contributed by atoms with Gasteiger partial charge in [-0.1, -0.05) is 6.07 Å². The molecule has 1 aliphatic heterocycles. The van der Waals surface area contributed by atoms with Crippen molar-refractivity contribution < 1.29 is 14.5 Å². The van der Waals surface area contributed by atoms with Gasteiger partial charge in [-0.2, -0.15) is 0 Å². The lowest BCUT2D eigenvalue weighted by molar-refractivity contribution is -0.385. The molecule has 1 fully saturated rings. The lowest BCUT2D eigenvalue weighted by Gasteiger charge is -2.34. The maximum atomic E-state index is 12.7. The lowest BCUT2D eigenvalue weighted by atomic mass is 10.1. The molecule has 0 saturated carbocycles. The molecule has 0 bridgehead atoms. The first kappa shape index (κ1) is 18.9. The molecule has 0 unspecified atom stereocenters. The summed E-state index contributed by atoms with van der Waals surface area (Å²) in [5.41, 5.74) is 0.700. The summed E-state index contributed by atoms with van der Waals surface area (Å²) >= 11 is 0. The Labute approximate surface area is 146 Å². The SMILES string of the molecule is Cc1c(C(=O)N2CCN(CC(=O)NC(C)C)CC2)cccc1[N+](=O)[O-]. The topological polar surface area (TPSA) is 95.8 Å². The van der Waals surface area contributed by atoms with Gasteiger partial charge in [0.2, 0.25) is 5.91 Å². The third-order valence-corrected chi connectivity index (χ3v) is 4.21. The number of nitrogens with one attached hydrogen (secondary N) is 1. The fourth-order valence-electron chi connectivity index (χ4n) is 2.90. The van der Waals surface area contributed by atoms with Crippen LogP contribution in [-0.2, 0) is 4.79 Å². The number of piperazine rings is 1. The number of hydrogen-bond acceptors (Lipinski definition) is 5. The van der Waals surface area contributed by atoms with Crippen LogP contribution in [-0.4, -0.2) is 65.3 Å². The fraction of sp³-hybridized carbons (Fsp3) is 0.529. The molecule has 1 aromatic rings. The average Bonchev–Trinajstić information content (AvgIpc) is 2.54. The monoisotopic (exact) mass is 348 g/mol. The van der Waals surface area contributed by atoms with Gasteiger partial charge in [0.15, 0.2) is 0 Å². The zero-order valence-corrected chi connectivity index (χ0v) is 14.8. The maximum Gasteiger partial charge on any atom is 0.273 e. The first-order valence-corrected chi connectivity index (χ1v) is 8.34. The average molecular weight is 348 g/mol. The predicted molar refractivity (Wildman–Crippen MR) is 93.5 cm³/mol. The van der Waals surface area contributed by atoms with Crippen LogP contribution in [0, 0.1) is 17.0 Å². The number of nitro benzene ring substituents is 1. The number of hydrogen-bond donors (Lipinski definition) is 1. The van der Waals surface area contributed by atoms with Gasteiger partial charge in [0.25, 0.3) is 11.6 Å². The molecule has 2 amide bonds. The summed E-state index contributed by atoms with van der Waals surface area (Å²) in [4.78, 5) is 38.7. The zero-order chi connectivity index (χ0) is 18.6. The van der Waals surface area contributed by atoms with E-state index in [4.69, 9.17) is 0 Å². The molecule has 0 aromatic heterocycles. The first-order valence-electron chi connectivity index (χ1n) is 8.34. The van der Waals surface area contributed by atoms with Crippen molar-refractivity contribution in [1.29, 1.82) is 0 Å². The van der Waals surface area contributed by atoms with Crippen molar-refractivity contribution in [2.24, 2.45) is 0 Å². The summed E-state index contributed by atoms with van der Waals surface area (Å²) in [7, 11) is 0. The number of carbonyl (C=O) groups is 2. The van der Waals surface area contributed by atoms with Crippen LogP contribution in [0.15, 0.2) is 18.2 Å². The zero-order valence-electron chi connectivity index (χ0n) is 14.8. The number of amides is 2.